The van der Waals surface area contributed by atoms with Gasteiger partial charge in [-0.05, 0) is 18.9 Å². The fraction of sp³-hybridized carbons (Fsp3) is 0.529. The number of carbonyl (C=O) groups excluding carboxylic acids is 2. The minimum Gasteiger partial charge on any atom is -0.341 e. The number of aryl methyl sites for hydroxylation is 1. The molecule has 3 rings (SSSR count). The van der Waals surface area contributed by atoms with Gasteiger partial charge < -0.3 is 15.5 Å². The average Bonchev–Trinajstić information content (AvgIpc) is 3.08. The van der Waals surface area contributed by atoms with Crippen molar-refractivity contribution in [2.24, 2.45) is 11.7 Å². The molecule has 5 nitrogen and oxygen atoms in total. The van der Waals surface area contributed by atoms with E-state index in [-0.39, 0.29) is 23.8 Å². The van der Waals surface area contributed by atoms with Crippen LogP contribution in [0.1, 0.15) is 24.0 Å². The van der Waals surface area contributed by atoms with Gasteiger partial charge in [0.15, 0.2) is 0 Å². The predicted octanol–water partition coefficient (Wildman–Crippen LogP) is 0.903. The molecule has 0 aromatic heterocycles. The van der Waals surface area contributed by atoms with Crippen molar-refractivity contribution in [2.75, 3.05) is 19.6 Å². The first-order valence-electron chi connectivity index (χ1n) is 7.90. The van der Waals surface area contributed by atoms with Gasteiger partial charge in [0, 0.05) is 38.6 Å². The summed E-state index contributed by atoms with van der Waals surface area (Å²) in [6.45, 7) is 4.50. The fourth-order valence-corrected chi connectivity index (χ4v) is 3.25. The molecule has 22 heavy (non-hydrogen) atoms. The Balaban J connectivity index is 1.60. The molecule has 2 amide bonds. The molecule has 2 saturated heterocycles. The van der Waals surface area contributed by atoms with E-state index in [1.807, 2.05) is 36.1 Å². The van der Waals surface area contributed by atoms with E-state index in [4.69, 9.17) is 5.73 Å². The molecule has 2 aliphatic rings. The molecule has 0 aliphatic carbocycles. The molecule has 0 spiro atoms. The lowest BCUT2D eigenvalue weighted by Gasteiger charge is -2.21. The van der Waals surface area contributed by atoms with Gasteiger partial charge in [-0.1, -0.05) is 29.8 Å². The lowest BCUT2D eigenvalue weighted by atomic mass is 10.1. The average molecular weight is 301 g/mol. The highest BCUT2D eigenvalue weighted by Crippen LogP contribution is 2.23. The van der Waals surface area contributed by atoms with E-state index in [2.05, 4.69) is 0 Å². The third-order valence-electron chi connectivity index (χ3n) is 4.59. The Kier molecular flexibility index (Phi) is 4.16. The Morgan fingerprint density at radius 1 is 1.27 bits per heavy atom. The zero-order chi connectivity index (χ0) is 15.7. The van der Waals surface area contributed by atoms with Crippen LogP contribution in [0.5, 0.6) is 0 Å². The van der Waals surface area contributed by atoms with E-state index in [1.165, 1.54) is 5.56 Å². The maximum absolute atomic E-state index is 12.5. The molecule has 0 bridgehead atoms. The van der Waals surface area contributed by atoms with Crippen molar-refractivity contribution >= 4 is 11.8 Å². The summed E-state index contributed by atoms with van der Waals surface area (Å²) in [5.74, 6) is -0.0432. The number of likely N-dealkylation sites (tertiary alicyclic amines) is 2. The van der Waals surface area contributed by atoms with Crippen LogP contribution in [0.15, 0.2) is 24.3 Å². The molecule has 2 N–H and O–H groups in total. The van der Waals surface area contributed by atoms with Crippen LogP contribution in [0.25, 0.3) is 0 Å². The smallest absolute Gasteiger partial charge is 0.228 e. The number of amides is 2. The number of hydrogen-bond acceptors (Lipinski definition) is 3. The number of carbonyl (C=O) groups is 2. The standard InChI is InChI=1S/C17H23N3O2/c1-12-2-4-13(5-3-12)9-20-10-14(8-16(20)21)17(22)19-7-6-15(18)11-19/h2-5,14-15H,6-11,18H2,1H3/t14?,15-/m1/s1. The number of hydrogen-bond donors (Lipinski definition) is 1. The van der Waals surface area contributed by atoms with Gasteiger partial charge in [-0.2, -0.15) is 0 Å². The molecule has 2 atom stereocenters. The molecule has 118 valence electrons. The molecule has 2 heterocycles. The molecule has 1 aromatic carbocycles. The molecular formula is C17H23N3O2. The monoisotopic (exact) mass is 301 g/mol. The van der Waals surface area contributed by atoms with Gasteiger partial charge in [0.25, 0.3) is 0 Å². The van der Waals surface area contributed by atoms with Crippen LogP contribution in [-0.4, -0.2) is 47.3 Å². The van der Waals surface area contributed by atoms with E-state index in [0.717, 1.165) is 18.5 Å². The van der Waals surface area contributed by atoms with Crippen LogP contribution < -0.4 is 5.73 Å². The van der Waals surface area contributed by atoms with Crippen molar-refractivity contribution in [3.63, 3.8) is 0 Å². The number of rotatable bonds is 3. The Bertz CT molecular complexity index is 570. The third-order valence-corrected chi connectivity index (χ3v) is 4.59. The van der Waals surface area contributed by atoms with Gasteiger partial charge in [-0.15, -0.1) is 0 Å². The number of nitrogens with two attached hydrogens (primary N) is 1. The Morgan fingerprint density at radius 2 is 2.00 bits per heavy atom. The predicted molar refractivity (Wildman–Crippen MR) is 83.9 cm³/mol. The summed E-state index contributed by atoms with van der Waals surface area (Å²) in [4.78, 5) is 28.3. The van der Waals surface area contributed by atoms with E-state index in [1.54, 1.807) is 4.90 Å². The van der Waals surface area contributed by atoms with Gasteiger partial charge in [0.2, 0.25) is 11.8 Å². The maximum atomic E-state index is 12.5. The SMILES string of the molecule is Cc1ccc(CN2CC(C(=O)N3CC[C@@H](N)C3)CC2=O)cc1. The van der Waals surface area contributed by atoms with Crippen molar-refractivity contribution in [2.45, 2.75) is 32.4 Å². The third kappa shape index (κ3) is 3.14. The van der Waals surface area contributed by atoms with Crippen LogP contribution in [-0.2, 0) is 16.1 Å². The van der Waals surface area contributed by atoms with Crippen LogP contribution in [0.2, 0.25) is 0 Å². The van der Waals surface area contributed by atoms with Crippen molar-refractivity contribution in [3.05, 3.63) is 35.4 Å². The highest BCUT2D eigenvalue weighted by atomic mass is 16.2. The highest BCUT2D eigenvalue weighted by molar-refractivity contribution is 5.89. The zero-order valence-electron chi connectivity index (χ0n) is 13.0. The molecule has 5 heteroatoms. The quantitative estimate of drug-likeness (QED) is 0.902. The van der Waals surface area contributed by atoms with Gasteiger partial charge in [0.05, 0.1) is 5.92 Å². The molecule has 0 saturated carbocycles. The van der Waals surface area contributed by atoms with Crippen molar-refractivity contribution < 1.29 is 9.59 Å². The molecule has 1 unspecified atom stereocenters. The minimum absolute atomic E-state index is 0.0717. The van der Waals surface area contributed by atoms with E-state index >= 15 is 0 Å². The van der Waals surface area contributed by atoms with Gasteiger partial charge in [-0.3, -0.25) is 9.59 Å². The summed E-state index contributed by atoms with van der Waals surface area (Å²) in [6.07, 6.45) is 1.19. The maximum Gasteiger partial charge on any atom is 0.228 e. The highest BCUT2D eigenvalue weighted by Gasteiger charge is 2.37. The number of benzene rings is 1. The van der Waals surface area contributed by atoms with Crippen LogP contribution >= 0.6 is 0 Å². The van der Waals surface area contributed by atoms with Crippen LogP contribution in [0, 0.1) is 12.8 Å². The second kappa shape index (κ2) is 6.08. The molecule has 0 radical (unpaired) electrons. The Labute approximate surface area is 131 Å². The first-order valence-corrected chi connectivity index (χ1v) is 7.90. The lowest BCUT2D eigenvalue weighted by Crippen LogP contribution is -2.37. The number of nitrogens with zero attached hydrogens (tertiary/aromatic N) is 2. The fourth-order valence-electron chi connectivity index (χ4n) is 3.25. The summed E-state index contributed by atoms with van der Waals surface area (Å²) in [5.41, 5.74) is 8.17. The van der Waals surface area contributed by atoms with E-state index in [0.29, 0.717) is 26.1 Å². The zero-order valence-corrected chi connectivity index (χ0v) is 13.0. The van der Waals surface area contributed by atoms with Crippen molar-refractivity contribution in [3.8, 4) is 0 Å². The molecular weight excluding hydrogens is 278 g/mol. The second-order valence-electron chi connectivity index (χ2n) is 6.49. The molecule has 2 fully saturated rings. The topological polar surface area (TPSA) is 66.6 Å². The summed E-state index contributed by atoms with van der Waals surface area (Å²) in [5, 5.41) is 0. The lowest BCUT2D eigenvalue weighted by molar-refractivity contribution is -0.134. The summed E-state index contributed by atoms with van der Waals surface area (Å²) in [7, 11) is 0. The summed E-state index contributed by atoms with van der Waals surface area (Å²) < 4.78 is 0. The van der Waals surface area contributed by atoms with Crippen LogP contribution in [0.4, 0.5) is 0 Å². The van der Waals surface area contributed by atoms with E-state index in [9.17, 15) is 9.59 Å². The Morgan fingerprint density at radius 3 is 2.64 bits per heavy atom. The largest absolute Gasteiger partial charge is 0.341 e. The summed E-state index contributed by atoms with van der Waals surface area (Å²) in [6, 6.07) is 8.26. The van der Waals surface area contributed by atoms with Gasteiger partial charge in [0.1, 0.15) is 0 Å². The normalized spacial score (nSPS) is 25.1. The molecule has 2 aliphatic heterocycles. The second-order valence-corrected chi connectivity index (χ2v) is 6.49. The van der Waals surface area contributed by atoms with Gasteiger partial charge >= 0.3 is 0 Å². The first-order chi connectivity index (χ1) is 10.5. The van der Waals surface area contributed by atoms with Gasteiger partial charge in [-0.25, -0.2) is 0 Å². The van der Waals surface area contributed by atoms with Crippen LogP contribution in [0.3, 0.4) is 0 Å². The Hall–Kier alpha value is -1.88. The minimum atomic E-state index is -0.205. The first kappa shape index (κ1) is 15.0. The molecule has 1 aromatic rings. The van der Waals surface area contributed by atoms with Crippen molar-refractivity contribution in [1.29, 1.82) is 0 Å². The summed E-state index contributed by atoms with van der Waals surface area (Å²) >= 11 is 0. The van der Waals surface area contributed by atoms with Crippen molar-refractivity contribution in [1.82, 2.24) is 9.80 Å². The van der Waals surface area contributed by atoms with E-state index < -0.39 is 0 Å².